The van der Waals surface area contributed by atoms with E-state index in [-0.39, 0.29) is 0 Å². The van der Waals surface area contributed by atoms with Gasteiger partial charge >= 0.3 is 0 Å². The Labute approximate surface area is 155 Å². The third-order valence-electron chi connectivity index (χ3n) is 4.84. The Kier molecular flexibility index (Phi) is 5.88. The van der Waals surface area contributed by atoms with E-state index in [9.17, 15) is 0 Å². The highest BCUT2D eigenvalue weighted by Gasteiger charge is 2.25. The molecule has 26 heavy (non-hydrogen) atoms. The third kappa shape index (κ3) is 4.40. The van der Waals surface area contributed by atoms with E-state index in [1.54, 1.807) is 7.11 Å². The Morgan fingerprint density at radius 1 is 1.19 bits per heavy atom. The van der Waals surface area contributed by atoms with E-state index in [1.165, 1.54) is 12.0 Å². The van der Waals surface area contributed by atoms with Gasteiger partial charge in [-0.1, -0.05) is 6.07 Å². The lowest BCUT2D eigenvalue weighted by Crippen LogP contribution is -2.46. The summed E-state index contributed by atoms with van der Waals surface area (Å²) in [5.74, 6) is 2.37. The first-order valence-corrected chi connectivity index (χ1v) is 9.01. The second-order valence-corrected chi connectivity index (χ2v) is 6.96. The van der Waals surface area contributed by atoms with E-state index < -0.39 is 0 Å². The number of piperidine rings is 1. The molecule has 140 valence electrons. The average molecular weight is 356 g/mol. The van der Waals surface area contributed by atoms with Gasteiger partial charge in [-0.2, -0.15) is 4.98 Å². The number of aromatic nitrogens is 3. The number of ether oxygens (including phenoxy) is 1. The van der Waals surface area contributed by atoms with Crippen LogP contribution < -0.4 is 14.5 Å². The topological polar surface area (TPSA) is 57.6 Å². The normalized spacial score (nSPS) is 17.8. The Bertz CT molecular complexity index is 705. The quantitative estimate of drug-likeness (QED) is 0.785. The van der Waals surface area contributed by atoms with Gasteiger partial charge in [-0.25, -0.2) is 9.97 Å². The molecular formula is C19H28N6O. The summed E-state index contributed by atoms with van der Waals surface area (Å²) < 4.78 is 5.13. The number of pyridine rings is 1. The van der Waals surface area contributed by atoms with Crippen LogP contribution in [0, 0.1) is 0 Å². The highest BCUT2D eigenvalue weighted by atomic mass is 16.5. The average Bonchev–Trinajstić information content (AvgIpc) is 2.68. The van der Waals surface area contributed by atoms with Gasteiger partial charge in [-0.15, -0.1) is 0 Å². The number of hydrogen-bond donors (Lipinski definition) is 0. The van der Waals surface area contributed by atoms with Gasteiger partial charge in [0.2, 0.25) is 11.8 Å². The maximum atomic E-state index is 5.13. The minimum atomic E-state index is 0.410. The van der Waals surface area contributed by atoms with E-state index in [2.05, 4.69) is 37.9 Å². The number of likely N-dealkylation sites (N-methyl/N-ethyl adjacent to an activating group) is 1. The molecule has 0 aliphatic carbocycles. The van der Waals surface area contributed by atoms with Crippen LogP contribution in [0.25, 0.3) is 0 Å². The van der Waals surface area contributed by atoms with Crippen molar-refractivity contribution in [3.05, 3.63) is 36.2 Å². The summed E-state index contributed by atoms with van der Waals surface area (Å²) in [5.41, 5.74) is 1.21. The summed E-state index contributed by atoms with van der Waals surface area (Å²) in [6, 6.07) is 6.35. The molecular weight excluding hydrogens is 328 g/mol. The van der Waals surface area contributed by atoms with E-state index in [4.69, 9.17) is 4.74 Å². The fraction of sp³-hybridized carbons (Fsp3) is 0.526. The lowest BCUT2D eigenvalue weighted by Gasteiger charge is -2.37. The second-order valence-electron chi connectivity index (χ2n) is 6.96. The maximum Gasteiger partial charge on any atom is 0.227 e. The minimum absolute atomic E-state index is 0.410. The second kappa shape index (κ2) is 8.31. The molecule has 1 aliphatic rings. The van der Waals surface area contributed by atoms with Crippen molar-refractivity contribution in [3.8, 4) is 5.88 Å². The predicted molar refractivity (Wildman–Crippen MR) is 104 cm³/mol. The number of likely N-dealkylation sites (tertiary alicyclic amines) is 1. The molecule has 3 heterocycles. The minimum Gasteiger partial charge on any atom is -0.481 e. The molecule has 1 unspecified atom stereocenters. The number of methoxy groups -OCH3 is 1. The lowest BCUT2D eigenvalue weighted by molar-refractivity contribution is 0.198. The Hall–Kier alpha value is -2.41. The van der Waals surface area contributed by atoms with Crippen molar-refractivity contribution in [2.24, 2.45) is 0 Å². The van der Waals surface area contributed by atoms with Crippen molar-refractivity contribution in [2.45, 2.75) is 25.4 Å². The maximum absolute atomic E-state index is 5.13. The zero-order valence-corrected chi connectivity index (χ0v) is 16.1. The molecule has 2 aromatic heterocycles. The molecule has 0 N–H and O–H groups in total. The molecule has 1 fully saturated rings. The van der Waals surface area contributed by atoms with Crippen molar-refractivity contribution in [1.29, 1.82) is 0 Å². The van der Waals surface area contributed by atoms with Crippen molar-refractivity contribution in [3.63, 3.8) is 0 Å². The zero-order valence-electron chi connectivity index (χ0n) is 16.1. The molecule has 0 amide bonds. The smallest absolute Gasteiger partial charge is 0.227 e. The Balaban J connectivity index is 1.64. The molecule has 7 heteroatoms. The van der Waals surface area contributed by atoms with Gasteiger partial charge in [0, 0.05) is 58.7 Å². The van der Waals surface area contributed by atoms with Gasteiger partial charge in [0.05, 0.1) is 7.11 Å². The first-order valence-electron chi connectivity index (χ1n) is 9.01. The molecule has 1 aliphatic heterocycles. The van der Waals surface area contributed by atoms with Crippen LogP contribution in [0.4, 0.5) is 11.8 Å². The van der Waals surface area contributed by atoms with Gasteiger partial charge < -0.3 is 14.5 Å². The molecule has 0 radical (unpaired) electrons. The van der Waals surface area contributed by atoms with E-state index in [0.29, 0.717) is 11.9 Å². The Morgan fingerprint density at radius 3 is 2.73 bits per heavy atom. The molecule has 0 spiro atoms. The summed E-state index contributed by atoms with van der Waals surface area (Å²) >= 11 is 0. The fourth-order valence-electron chi connectivity index (χ4n) is 3.30. The van der Waals surface area contributed by atoms with Gasteiger partial charge in [-0.3, -0.25) is 4.90 Å². The molecule has 0 saturated carbocycles. The van der Waals surface area contributed by atoms with Crippen LogP contribution in [0.2, 0.25) is 0 Å². The van der Waals surface area contributed by atoms with Crippen LogP contribution in [-0.2, 0) is 6.54 Å². The molecule has 7 nitrogen and oxygen atoms in total. The highest BCUT2D eigenvalue weighted by molar-refractivity contribution is 5.42. The van der Waals surface area contributed by atoms with Crippen LogP contribution in [0.5, 0.6) is 5.88 Å². The molecule has 1 saturated heterocycles. The van der Waals surface area contributed by atoms with Crippen LogP contribution in [0.1, 0.15) is 18.4 Å². The summed E-state index contributed by atoms with van der Waals surface area (Å²) in [6.07, 6.45) is 6.06. The standard InChI is InChI=1S/C19H28N6O/c1-23(2)17-9-10-20-19(22-17)24(3)16-6-5-11-25(14-16)13-15-7-8-18(26-4)21-12-15/h7-10,12,16H,5-6,11,13-14H2,1-4H3. The number of hydrogen-bond acceptors (Lipinski definition) is 7. The van der Waals surface area contributed by atoms with Crippen molar-refractivity contribution in [2.75, 3.05) is 51.1 Å². The molecule has 1 atom stereocenters. The lowest BCUT2D eigenvalue weighted by atomic mass is 10.0. The number of rotatable bonds is 6. The van der Waals surface area contributed by atoms with Crippen molar-refractivity contribution < 1.29 is 4.74 Å². The Morgan fingerprint density at radius 2 is 2.04 bits per heavy atom. The predicted octanol–water partition coefficient (Wildman–Crippen LogP) is 2.05. The van der Waals surface area contributed by atoms with E-state index >= 15 is 0 Å². The number of anilines is 2. The summed E-state index contributed by atoms with van der Waals surface area (Å²) in [7, 11) is 7.73. The number of nitrogens with zero attached hydrogens (tertiary/aromatic N) is 6. The highest BCUT2D eigenvalue weighted by Crippen LogP contribution is 2.21. The monoisotopic (exact) mass is 356 g/mol. The first-order chi connectivity index (χ1) is 12.6. The summed E-state index contributed by atoms with van der Waals surface area (Å²) in [6.45, 7) is 3.01. The van der Waals surface area contributed by atoms with Gasteiger partial charge in [0.15, 0.2) is 0 Å². The van der Waals surface area contributed by atoms with Crippen molar-refractivity contribution in [1.82, 2.24) is 19.9 Å². The van der Waals surface area contributed by atoms with Gasteiger partial charge in [0.25, 0.3) is 0 Å². The van der Waals surface area contributed by atoms with Crippen molar-refractivity contribution >= 4 is 11.8 Å². The van der Waals surface area contributed by atoms with E-state index in [1.807, 2.05) is 43.5 Å². The zero-order chi connectivity index (χ0) is 18.5. The molecule has 3 rings (SSSR count). The summed E-state index contributed by atoms with van der Waals surface area (Å²) in [5, 5.41) is 0. The van der Waals surface area contributed by atoms with Crippen LogP contribution >= 0.6 is 0 Å². The van der Waals surface area contributed by atoms with Gasteiger partial charge in [-0.05, 0) is 31.0 Å². The van der Waals surface area contributed by atoms with Gasteiger partial charge in [0.1, 0.15) is 5.82 Å². The first kappa shape index (κ1) is 18.4. The molecule has 0 aromatic carbocycles. The van der Waals surface area contributed by atoms with Crippen LogP contribution in [0.3, 0.4) is 0 Å². The van der Waals surface area contributed by atoms with E-state index in [0.717, 1.165) is 37.8 Å². The molecule has 0 bridgehead atoms. The van der Waals surface area contributed by atoms with Crippen LogP contribution in [0.15, 0.2) is 30.6 Å². The van der Waals surface area contributed by atoms with Crippen LogP contribution in [-0.4, -0.2) is 67.2 Å². The third-order valence-corrected chi connectivity index (χ3v) is 4.84. The fourth-order valence-corrected chi connectivity index (χ4v) is 3.30. The SMILES string of the molecule is COc1ccc(CN2CCCC(N(C)c3nccc(N(C)C)n3)C2)cn1. The molecule has 2 aromatic rings. The largest absolute Gasteiger partial charge is 0.481 e. The summed E-state index contributed by atoms with van der Waals surface area (Å²) in [4.78, 5) is 20.1.